The second-order valence-electron chi connectivity index (χ2n) is 8.25. The highest BCUT2D eigenvalue weighted by Crippen LogP contribution is 2.18. The van der Waals surface area contributed by atoms with Crippen molar-refractivity contribution in [3.63, 3.8) is 0 Å². The molecule has 176 valence electrons. The van der Waals surface area contributed by atoms with Crippen LogP contribution in [0.25, 0.3) is 0 Å². The molecule has 9 nitrogen and oxygen atoms in total. The summed E-state index contributed by atoms with van der Waals surface area (Å²) < 4.78 is 1.97. The number of guanidine groups is 1. The van der Waals surface area contributed by atoms with Gasteiger partial charge in [-0.15, -0.1) is 45.5 Å². The van der Waals surface area contributed by atoms with Gasteiger partial charge in [-0.2, -0.15) is 0 Å². The van der Waals surface area contributed by atoms with Gasteiger partial charge in [0.05, 0.1) is 12.6 Å². The molecular formula is C21H33IN8OS. The topological polar surface area (TPSA) is 81.9 Å². The highest BCUT2D eigenvalue weighted by Gasteiger charge is 2.33. The number of nitrogens with zero attached hydrogens (tertiary/aromatic N) is 7. The van der Waals surface area contributed by atoms with Gasteiger partial charge in [0.1, 0.15) is 12.4 Å². The first-order valence-electron chi connectivity index (χ1n) is 10.9. The van der Waals surface area contributed by atoms with Crippen molar-refractivity contribution in [2.45, 2.75) is 38.9 Å². The van der Waals surface area contributed by atoms with Gasteiger partial charge >= 0.3 is 0 Å². The zero-order valence-electron chi connectivity index (χ0n) is 19.0. The molecule has 2 aromatic heterocycles. The molecule has 2 aliphatic heterocycles. The van der Waals surface area contributed by atoms with Crippen LogP contribution in [0, 0.1) is 6.92 Å². The van der Waals surface area contributed by atoms with E-state index in [2.05, 4.69) is 49.9 Å². The fraction of sp³-hybridized carbons (Fsp3) is 0.619. The normalized spacial score (nSPS) is 19.8. The number of aryl methyl sites for hydroxylation is 1. The molecule has 0 spiro atoms. The zero-order chi connectivity index (χ0) is 21.8. The summed E-state index contributed by atoms with van der Waals surface area (Å²) in [5.74, 6) is 2.85. The third kappa shape index (κ3) is 5.79. The lowest BCUT2D eigenvalue weighted by atomic mass is 10.2. The molecule has 2 aromatic rings. The van der Waals surface area contributed by atoms with Crippen LogP contribution in [0.4, 0.5) is 0 Å². The van der Waals surface area contributed by atoms with Gasteiger partial charge < -0.3 is 19.7 Å². The molecule has 0 radical (unpaired) electrons. The number of carbonyl (C=O) groups excluding carboxylic acids is 1. The quantitative estimate of drug-likeness (QED) is 0.334. The molecule has 11 heteroatoms. The summed E-state index contributed by atoms with van der Waals surface area (Å²) in [7, 11) is 4.02. The van der Waals surface area contributed by atoms with Crippen LogP contribution >= 0.6 is 35.3 Å². The van der Waals surface area contributed by atoms with Gasteiger partial charge in [-0.25, -0.2) is 4.99 Å². The number of rotatable bonds is 5. The number of piperazine rings is 1. The van der Waals surface area contributed by atoms with Crippen LogP contribution in [0.15, 0.2) is 22.5 Å². The van der Waals surface area contributed by atoms with Crippen molar-refractivity contribution in [3.05, 3.63) is 34.0 Å². The molecule has 1 N–H and O–H groups in total. The molecule has 32 heavy (non-hydrogen) atoms. The summed E-state index contributed by atoms with van der Waals surface area (Å²) in [5, 5.41) is 14.0. The highest BCUT2D eigenvalue weighted by molar-refractivity contribution is 14.0. The van der Waals surface area contributed by atoms with Crippen molar-refractivity contribution < 1.29 is 4.79 Å². The fourth-order valence-corrected chi connectivity index (χ4v) is 4.80. The Balaban J connectivity index is 0.00000289. The van der Waals surface area contributed by atoms with E-state index in [0.717, 1.165) is 69.7 Å². The van der Waals surface area contributed by atoms with Gasteiger partial charge in [0, 0.05) is 38.1 Å². The molecule has 2 fully saturated rings. The standard InChI is InChI=1S/C21H32N8OS.HI/c1-16-24-25-19(27(16)3)15-23-21(22-14-17-6-5-13-31-17)29-11-9-28(10-12-29)20(30)18-7-4-8-26(18)2;/h5-6,13,18H,4,7-12,14-15H2,1-3H3,(H,22,23);1H. The number of hydrogen-bond acceptors (Lipinski definition) is 6. The van der Waals surface area contributed by atoms with Crippen LogP contribution in [0.1, 0.15) is 29.4 Å². The molecule has 0 bridgehead atoms. The average molecular weight is 573 g/mol. The Bertz CT molecular complexity index is 907. The fourth-order valence-electron chi connectivity index (χ4n) is 4.15. The van der Waals surface area contributed by atoms with E-state index in [-0.39, 0.29) is 35.9 Å². The molecule has 2 aliphatic rings. The van der Waals surface area contributed by atoms with Crippen LogP contribution in [-0.4, -0.2) is 87.1 Å². The van der Waals surface area contributed by atoms with Gasteiger partial charge in [0.15, 0.2) is 11.8 Å². The lowest BCUT2D eigenvalue weighted by Gasteiger charge is -2.38. The molecule has 0 saturated carbocycles. The molecule has 0 aliphatic carbocycles. The number of nitrogens with one attached hydrogen (secondary N) is 1. The van der Waals surface area contributed by atoms with E-state index in [1.54, 1.807) is 11.3 Å². The van der Waals surface area contributed by atoms with Crippen molar-refractivity contribution in [1.82, 2.24) is 34.8 Å². The van der Waals surface area contributed by atoms with Crippen LogP contribution in [0.2, 0.25) is 0 Å². The first-order valence-corrected chi connectivity index (χ1v) is 11.8. The zero-order valence-corrected chi connectivity index (χ0v) is 22.2. The summed E-state index contributed by atoms with van der Waals surface area (Å²) in [6.07, 6.45) is 2.08. The van der Waals surface area contributed by atoms with Crippen molar-refractivity contribution in [2.24, 2.45) is 12.0 Å². The Morgan fingerprint density at radius 1 is 1.19 bits per heavy atom. The average Bonchev–Trinajstić information content (AvgIpc) is 3.52. The number of likely N-dealkylation sites (N-methyl/N-ethyl adjacent to an activating group) is 1. The third-order valence-electron chi connectivity index (χ3n) is 6.25. The van der Waals surface area contributed by atoms with E-state index in [1.807, 2.05) is 23.4 Å². The van der Waals surface area contributed by atoms with E-state index in [0.29, 0.717) is 6.54 Å². The number of amides is 1. The number of thiophene rings is 1. The minimum absolute atomic E-state index is 0. The maximum atomic E-state index is 12.9. The number of aliphatic imine (C=N–C) groups is 1. The van der Waals surface area contributed by atoms with E-state index >= 15 is 0 Å². The van der Waals surface area contributed by atoms with E-state index in [9.17, 15) is 4.79 Å². The predicted octanol–water partition coefficient (Wildman–Crippen LogP) is 1.69. The molecule has 4 rings (SSSR count). The number of likely N-dealkylation sites (tertiary alicyclic amines) is 1. The van der Waals surface area contributed by atoms with Crippen molar-refractivity contribution in [3.8, 4) is 0 Å². The van der Waals surface area contributed by atoms with Crippen LogP contribution in [0.5, 0.6) is 0 Å². The molecule has 1 amide bonds. The van der Waals surface area contributed by atoms with Crippen LogP contribution in [0.3, 0.4) is 0 Å². The SMILES string of the molecule is Cc1nnc(CN=C(NCc2cccs2)N2CCN(C(=O)C3CCCN3C)CC2)n1C.I. The Hall–Kier alpha value is -1.73. The maximum absolute atomic E-state index is 12.9. The van der Waals surface area contributed by atoms with Gasteiger partial charge in [-0.05, 0) is 44.8 Å². The number of hydrogen-bond donors (Lipinski definition) is 1. The molecule has 2 saturated heterocycles. The molecule has 0 aromatic carbocycles. The maximum Gasteiger partial charge on any atom is 0.240 e. The van der Waals surface area contributed by atoms with E-state index < -0.39 is 0 Å². The van der Waals surface area contributed by atoms with Crippen LogP contribution < -0.4 is 5.32 Å². The molecule has 1 unspecified atom stereocenters. The highest BCUT2D eigenvalue weighted by atomic mass is 127. The smallest absolute Gasteiger partial charge is 0.240 e. The Morgan fingerprint density at radius 3 is 2.53 bits per heavy atom. The second kappa shape index (κ2) is 11.4. The van der Waals surface area contributed by atoms with Gasteiger partial charge in [-0.3, -0.25) is 9.69 Å². The van der Waals surface area contributed by atoms with Crippen molar-refractivity contribution in [2.75, 3.05) is 39.8 Å². The summed E-state index contributed by atoms with van der Waals surface area (Å²) in [5.41, 5.74) is 0. The largest absolute Gasteiger partial charge is 0.351 e. The van der Waals surface area contributed by atoms with Gasteiger partial charge in [-0.1, -0.05) is 6.07 Å². The molecule has 4 heterocycles. The minimum atomic E-state index is 0. The Labute approximate surface area is 210 Å². The lowest BCUT2D eigenvalue weighted by Crippen LogP contribution is -2.56. The van der Waals surface area contributed by atoms with Crippen molar-refractivity contribution in [1.29, 1.82) is 0 Å². The number of aromatic nitrogens is 3. The van der Waals surface area contributed by atoms with Gasteiger partial charge in [0.25, 0.3) is 0 Å². The first-order chi connectivity index (χ1) is 15.0. The summed E-state index contributed by atoms with van der Waals surface area (Å²) in [6.45, 7) is 7.16. The summed E-state index contributed by atoms with van der Waals surface area (Å²) in [4.78, 5) is 25.5. The lowest BCUT2D eigenvalue weighted by molar-refractivity contribution is -0.136. The number of carbonyl (C=O) groups is 1. The monoisotopic (exact) mass is 572 g/mol. The Kier molecular flexibility index (Phi) is 8.88. The summed E-state index contributed by atoms with van der Waals surface area (Å²) >= 11 is 1.73. The van der Waals surface area contributed by atoms with Crippen LogP contribution in [-0.2, 0) is 24.9 Å². The summed E-state index contributed by atoms with van der Waals surface area (Å²) in [6, 6.07) is 4.23. The second-order valence-corrected chi connectivity index (χ2v) is 9.28. The minimum Gasteiger partial charge on any atom is -0.351 e. The third-order valence-corrected chi connectivity index (χ3v) is 7.13. The van der Waals surface area contributed by atoms with E-state index in [4.69, 9.17) is 4.99 Å². The predicted molar refractivity (Wildman–Crippen MR) is 137 cm³/mol. The molecule has 1 atom stereocenters. The Morgan fingerprint density at radius 2 is 1.94 bits per heavy atom. The van der Waals surface area contributed by atoms with Gasteiger partial charge in [0.2, 0.25) is 5.91 Å². The number of halogens is 1. The molecular weight excluding hydrogens is 539 g/mol. The first kappa shape index (κ1) is 24.9. The van der Waals surface area contributed by atoms with E-state index in [1.165, 1.54) is 4.88 Å². The van der Waals surface area contributed by atoms with Crippen molar-refractivity contribution >= 4 is 47.2 Å².